The Morgan fingerprint density at radius 1 is 1.17 bits per heavy atom. The summed E-state index contributed by atoms with van der Waals surface area (Å²) in [5.74, 6) is 1.17. The lowest BCUT2D eigenvalue weighted by molar-refractivity contribution is 0.182. The third-order valence-corrected chi connectivity index (χ3v) is 5.72. The van der Waals surface area contributed by atoms with Crippen LogP contribution in [0.2, 0.25) is 0 Å². The molecule has 1 heterocycles. The van der Waals surface area contributed by atoms with Crippen molar-refractivity contribution in [2.45, 2.75) is 19.3 Å². The Morgan fingerprint density at radius 2 is 1.83 bits per heavy atom. The first kappa shape index (κ1) is 14.2. The van der Waals surface area contributed by atoms with Crippen LogP contribution >= 0.6 is 0 Å². The van der Waals surface area contributed by atoms with Crippen molar-refractivity contribution in [3.63, 3.8) is 0 Å². The van der Waals surface area contributed by atoms with E-state index < -0.39 is 10.0 Å². The summed E-state index contributed by atoms with van der Waals surface area (Å²) >= 11 is 0. The van der Waals surface area contributed by atoms with Crippen molar-refractivity contribution < 1.29 is 8.42 Å². The number of hydrogen-bond acceptors (Lipinski definition) is 4. The summed E-state index contributed by atoms with van der Waals surface area (Å²) in [6, 6.07) is 0. The minimum Gasteiger partial charge on any atom is -0.320 e. The van der Waals surface area contributed by atoms with Crippen molar-refractivity contribution in [3.8, 4) is 0 Å². The summed E-state index contributed by atoms with van der Waals surface area (Å²) in [5.41, 5.74) is 0. The summed E-state index contributed by atoms with van der Waals surface area (Å²) < 4.78 is 25.8. The molecule has 0 bridgehead atoms. The molecule has 0 aromatic carbocycles. The standard InChI is InChI=1S/C12H25N3O2S/c1-13-5-2-10-18(16,17)15-8-6-14(7-9-15)11-12-3-4-12/h12-13H,2-11H2,1H3. The fraction of sp³-hybridized carbons (Fsp3) is 1.00. The molecule has 6 heteroatoms. The molecule has 1 aliphatic carbocycles. The van der Waals surface area contributed by atoms with E-state index in [0.29, 0.717) is 19.5 Å². The number of sulfonamides is 1. The first-order valence-electron chi connectivity index (χ1n) is 6.96. The Morgan fingerprint density at radius 3 is 2.39 bits per heavy atom. The van der Waals surface area contributed by atoms with Crippen molar-refractivity contribution in [2.75, 3.05) is 52.1 Å². The maximum Gasteiger partial charge on any atom is 0.214 e. The van der Waals surface area contributed by atoms with Crippen molar-refractivity contribution in [1.82, 2.24) is 14.5 Å². The Hall–Kier alpha value is -0.170. The van der Waals surface area contributed by atoms with Crippen LogP contribution in [0.5, 0.6) is 0 Å². The number of nitrogens with zero attached hydrogens (tertiary/aromatic N) is 2. The fourth-order valence-electron chi connectivity index (χ4n) is 2.42. The van der Waals surface area contributed by atoms with Crippen molar-refractivity contribution in [3.05, 3.63) is 0 Å². The van der Waals surface area contributed by atoms with Crippen molar-refractivity contribution in [2.24, 2.45) is 5.92 Å². The smallest absolute Gasteiger partial charge is 0.214 e. The molecule has 5 nitrogen and oxygen atoms in total. The molecule has 0 aromatic heterocycles. The Balaban J connectivity index is 1.73. The molecule has 0 aromatic rings. The molecule has 106 valence electrons. The molecule has 0 unspecified atom stereocenters. The van der Waals surface area contributed by atoms with E-state index >= 15 is 0 Å². The van der Waals surface area contributed by atoms with Crippen molar-refractivity contribution in [1.29, 1.82) is 0 Å². The normalized spacial score (nSPS) is 23.4. The molecular formula is C12H25N3O2S. The summed E-state index contributed by atoms with van der Waals surface area (Å²) in [6.07, 6.45) is 3.42. The monoisotopic (exact) mass is 275 g/mol. The van der Waals surface area contributed by atoms with E-state index in [9.17, 15) is 8.42 Å². The lowest BCUT2D eigenvalue weighted by Gasteiger charge is -2.34. The van der Waals surface area contributed by atoms with Gasteiger partial charge in [-0.3, -0.25) is 0 Å². The van der Waals surface area contributed by atoms with E-state index in [1.807, 2.05) is 7.05 Å². The quantitative estimate of drug-likeness (QED) is 0.662. The third-order valence-electron chi connectivity index (χ3n) is 3.77. The molecule has 2 fully saturated rings. The molecule has 0 amide bonds. The van der Waals surface area contributed by atoms with Crippen LogP contribution in [-0.4, -0.2) is 69.7 Å². The van der Waals surface area contributed by atoms with Gasteiger partial charge in [-0.15, -0.1) is 0 Å². The highest BCUT2D eigenvalue weighted by Crippen LogP contribution is 2.30. The van der Waals surface area contributed by atoms with Gasteiger partial charge in [-0.05, 0) is 38.8 Å². The van der Waals surface area contributed by atoms with Gasteiger partial charge in [-0.25, -0.2) is 8.42 Å². The van der Waals surface area contributed by atoms with E-state index in [4.69, 9.17) is 0 Å². The molecule has 1 N–H and O–H groups in total. The number of hydrogen-bond donors (Lipinski definition) is 1. The van der Waals surface area contributed by atoms with Gasteiger partial charge in [0.15, 0.2) is 0 Å². The Labute approximate surface area is 111 Å². The maximum absolute atomic E-state index is 12.1. The molecule has 0 radical (unpaired) electrons. The number of rotatable bonds is 7. The lowest BCUT2D eigenvalue weighted by atomic mass is 10.3. The minimum atomic E-state index is -3.03. The summed E-state index contributed by atoms with van der Waals surface area (Å²) in [6.45, 7) is 5.10. The molecule has 0 atom stereocenters. The zero-order chi connectivity index (χ0) is 13.0. The molecule has 2 rings (SSSR count). The van der Waals surface area contributed by atoms with Crippen LogP contribution in [0.15, 0.2) is 0 Å². The van der Waals surface area contributed by atoms with Gasteiger partial charge in [-0.1, -0.05) is 0 Å². The van der Waals surface area contributed by atoms with Gasteiger partial charge >= 0.3 is 0 Å². The first-order chi connectivity index (χ1) is 8.62. The van der Waals surface area contributed by atoms with Crippen LogP contribution in [0.25, 0.3) is 0 Å². The maximum atomic E-state index is 12.1. The van der Waals surface area contributed by atoms with E-state index in [0.717, 1.165) is 25.6 Å². The number of piperazine rings is 1. The topological polar surface area (TPSA) is 52.7 Å². The van der Waals surface area contributed by atoms with Crippen LogP contribution in [0.1, 0.15) is 19.3 Å². The van der Waals surface area contributed by atoms with Crippen LogP contribution < -0.4 is 5.32 Å². The van der Waals surface area contributed by atoms with Gasteiger partial charge in [0.1, 0.15) is 0 Å². The van der Waals surface area contributed by atoms with Crippen LogP contribution in [0.3, 0.4) is 0 Å². The Bertz CT molecular complexity index is 346. The summed E-state index contributed by atoms with van der Waals surface area (Å²) in [7, 11) is -1.17. The highest BCUT2D eigenvalue weighted by Gasteiger charge is 2.29. The Kier molecular flexibility index (Phi) is 5.00. The average molecular weight is 275 g/mol. The van der Waals surface area contributed by atoms with Gasteiger partial charge in [0.25, 0.3) is 0 Å². The first-order valence-corrected chi connectivity index (χ1v) is 8.57. The summed E-state index contributed by atoms with van der Waals surface area (Å²) in [4.78, 5) is 2.41. The van der Waals surface area contributed by atoms with Gasteiger partial charge in [0, 0.05) is 32.7 Å². The van der Waals surface area contributed by atoms with Crippen molar-refractivity contribution >= 4 is 10.0 Å². The molecule has 1 saturated carbocycles. The summed E-state index contributed by atoms with van der Waals surface area (Å²) in [5, 5.41) is 2.99. The largest absolute Gasteiger partial charge is 0.320 e. The van der Waals surface area contributed by atoms with Gasteiger partial charge in [0.2, 0.25) is 10.0 Å². The van der Waals surface area contributed by atoms with Gasteiger partial charge in [0.05, 0.1) is 5.75 Å². The molecule has 18 heavy (non-hydrogen) atoms. The predicted octanol–water partition coefficient (Wildman–Crippen LogP) is -0.0467. The van der Waals surface area contributed by atoms with Gasteiger partial charge in [-0.2, -0.15) is 4.31 Å². The van der Waals surface area contributed by atoms with Crippen LogP contribution in [-0.2, 0) is 10.0 Å². The average Bonchev–Trinajstić information content (AvgIpc) is 3.14. The molecule has 2 aliphatic rings. The van der Waals surface area contributed by atoms with E-state index in [1.165, 1.54) is 19.4 Å². The highest BCUT2D eigenvalue weighted by molar-refractivity contribution is 7.89. The third kappa shape index (κ3) is 4.19. The van der Waals surface area contributed by atoms with E-state index in [1.54, 1.807) is 4.31 Å². The van der Waals surface area contributed by atoms with Crippen LogP contribution in [0.4, 0.5) is 0 Å². The SMILES string of the molecule is CNCCCS(=O)(=O)N1CCN(CC2CC2)CC1. The number of nitrogens with one attached hydrogen (secondary N) is 1. The second-order valence-corrected chi connectivity index (χ2v) is 7.50. The molecular weight excluding hydrogens is 250 g/mol. The second-order valence-electron chi connectivity index (χ2n) is 5.42. The lowest BCUT2D eigenvalue weighted by Crippen LogP contribution is -2.49. The zero-order valence-corrected chi connectivity index (χ0v) is 12.1. The fourth-order valence-corrected chi connectivity index (χ4v) is 3.90. The second kappa shape index (κ2) is 6.32. The van der Waals surface area contributed by atoms with Crippen LogP contribution in [0, 0.1) is 5.92 Å². The minimum absolute atomic E-state index is 0.274. The van der Waals surface area contributed by atoms with Gasteiger partial charge < -0.3 is 10.2 Å². The molecule has 0 spiro atoms. The predicted molar refractivity (Wildman–Crippen MR) is 73.1 cm³/mol. The highest BCUT2D eigenvalue weighted by atomic mass is 32.2. The van der Waals surface area contributed by atoms with E-state index in [2.05, 4.69) is 10.2 Å². The molecule has 1 aliphatic heterocycles. The molecule has 1 saturated heterocycles. The zero-order valence-electron chi connectivity index (χ0n) is 11.3. The van der Waals surface area contributed by atoms with E-state index in [-0.39, 0.29) is 5.75 Å².